The fourth-order valence-corrected chi connectivity index (χ4v) is 3.97. The van der Waals surface area contributed by atoms with Crippen molar-refractivity contribution in [1.29, 1.82) is 0 Å². The van der Waals surface area contributed by atoms with E-state index in [2.05, 4.69) is 4.99 Å². The summed E-state index contributed by atoms with van der Waals surface area (Å²) in [5.74, 6) is 0.550. The maximum atomic E-state index is 11.9. The first-order chi connectivity index (χ1) is 7.13. The van der Waals surface area contributed by atoms with Gasteiger partial charge in [0, 0.05) is 6.54 Å². The zero-order valence-electron chi connectivity index (χ0n) is 8.42. The fraction of sp³-hybridized carbons (Fsp3) is 0.889. The maximum Gasteiger partial charge on any atom is 0.236 e. The van der Waals surface area contributed by atoms with Gasteiger partial charge in [0.1, 0.15) is 6.17 Å². The summed E-state index contributed by atoms with van der Waals surface area (Å²) < 4.78 is 25.2. The van der Waals surface area contributed by atoms with Crippen LogP contribution in [0, 0.1) is 5.92 Å². The number of carbonyl (C=O) groups excluding carboxylic acids is 1. The number of hydrogen-bond donors (Lipinski definition) is 0. The zero-order valence-corrected chi connectivity index (χ0v) is 9.24. The van der Waals surface area contributed by atoms with Gasteiger partial charge in [0.25, 0.3) is 0 Å². The number of rotatable bonds is 4. The van der Waals surface area contributed by atoms with Crippen LogP contribution in [-0.4, -0.2) is 37.3 Å². The maximum absolute atomic E-state index is 11.9. The van der Waals surface area contributed by atoms with E-state index in [4.69, 9.17) is 0 Å². The van der Waals surface area contributed by atoms with Crippen LogP contribution in [0.1, 0.15) is 25.7 Å². The van der Waals surface area contributed by atoms with Crippen LogP contribution in [0.3, 0.4) is 0 Å². The minimum absolute atomic E-state index is 0.220. The van der Waals surface area contributed by atoms with E-state index in [1.54, 1.807) is 0 Å². The van der Waals surface area contributed by atoms with Crippen LogP contribution in [0.4, 0.5) is 0 Å². The van der Waals surface area contributed by atoms with E-state index >= 15 is 0 Å². The van der Waals surface area contributed by atoms with E-state index in [1.165, 1.54) is 10.4 Å². The molecule has 0 radical (unpaired) electrons. The molecule has 2 rings (SSSR count). The van der Waals surface area contributed by atoms with E-state index in [0.29, 0.717) is 18.9 Å². The summed E-state index contributed by atoms with van der Waals surface area (Å²) in [6.45, 7) is 0.491. The van der Waals surface area contributed by atoms with E-state index in [-0.39, 0.29) is 5.75 Å². The molecule has 2 fully saturated rings. The van der Waals surface area contributed by atoms with Crippen LogP contribution in [0.15, 0.2) is 4.99 Å². The SMILES string of the molecule is O=C=NC1CCCN1S(=O)(=O)CC1CC1. The summed E-state index contributed by atoms with van der Waals surface area (Å²) in [4.78, 5) is 13.7. The molecule has 84 valence electrons. The Balaban J connectivity index is 2.09. The average Bonchev–Trinajstić information content (AvgIpc) is 2.82. The Morgan fingerprint density at radius 1 is 1.33 bits per heavy atom. The van der Waals surface area contributed by atoms with E-state index < -0.39 is 16.2 Å². The Hall–Kier alpha value is -0.710. The van der Waals surface area contributed by atoms with Crippen LogP contribution in [0.2, 0.25) is 0 Å². The number of isocyanates is 1. The van der Waals surface area contributed by atoms with Crippen LogP contribution in [0.5, 0.6) is 0 Å². The normalized spacial score (nSPS) is 27.6. The lowest BCUT2D eigenvalue weighted by Gasteiger charge is -2.19. The van der Waals surface area contributed by atoms with Gasteiger partial charge in [-0.2, -0.15) is 9.30 Å². The molecular weight excluding hydrogens is 216 g/mol. The molecule has 1 aliphatic carbocycles. The van der Waals surface area contributed by atoms with Crippen molar-refractivity contribution >= 4 is 16.1 Å². The van der Waals surface area contributed by atoms with Crippen molar-refractivity contribution in [3.05, 3.63) is 0 Å². The standard InChI is InChI=1S/C9H14N2O3S/c12-7-10-9-2-1-5-11(9)15(13,14)6-8-3-4-8/h8-9H,1-6H2. The number of nitrogens with zero attached hydrogens (tertiary/aromatic N) is 2. The van der Waals surface area contributed by atoms with Gasteiger partial charge in [-0.05, 0) is 31.6 Å². The van der Waals surface area contributed by atoms with E-state index in [9.17, 15) is 13.2 Å². The molecule has 0 bridgehead atoms. The average molecular weight is 230 g/mol. The molecular formula is C9H14N2O3S. The third kappa shape index (κ3) is 2.45. The molecule has 0 N–H and O–H groups in total. The molecule has 1 atom stereocenters. The Morgan fingerprint density at radius 3 is 2.67 bits per heavy atom. The molecule has 1 aliphatic heterocycles. The van der Waals surface area contributed by atoms with Crippen LogP contribution >= 0.6 is 0 Å². The Kier molecular flexibility index (Phi) is 2.91. The second kappa shape index (κ2) is 4.04. The second-order valence-electron chi connectivity index (χ2n) is 4.18. The molecule has 0 amide bonds. The summed E-state index contributed by atoms with van der Waals surface area (Å²) in [6.07, 6.45) is 4.39. The summed E-state index contributed by atoms with van der Waals surface area (Å²) in [5, 5.41) is 0. The number of sulfonamides is 1. The second-order valence-corrected chi connectivity index (χ2v) is 6.14. The van der Waals surface area contributed by atoms with Crippen molar-refractivity contribution in [2.24, 2.45) is 10.9 Å². The van der Waals surface area contributed by atoms with Crippen molar-refractivity contribution in [2.45, 2.75) is 31.8 Å². The third-order valence-corrected chi connectivity index (χ3v) is 4.91. The summed E-state index contributed by atoms with van der Waals surface area (Å²) in [7, 11) is -3.21. The largest absolute Gasteiger partial charge is 0.236 e. The Bertz CT molecular complexity index is 382. The predicted octanol–water partition coefficient (Wildman–Crippen LogP) is 0.484. The fourth-order valence-electron chi connectivity index (χ4n) is 1.92. The molecule has 1 saturated carbocycles. The van der Waals surface area contributed by atoms with E-state index in [1.807, 2.05) is 0 Å². The molecule has 1 unspecified atom stereocenters. The van der Waals surface area contributed by atoms with Crippen LogP contribution in [-0.2, 0) is 14.8 Å². The number of hydrogen-bond acceptors (Lipinski definition) is 4. The summed E-state index contributed by atoms with van der Waals surface area (Å²) in [5.41, 5.74) is 0. The van der Waals surface area contributed by atoms with Gasteiger partial charge < -0.3 is 0 Å². The predicted molar refractivity (Wildman–Crippen MR) is 54.4 cm³/mol. The summed E-state index contributed by atoms with van der Waals surface area (Å²) in [6, 6.07) is 0. The van der Waals surface area contributed by atoms with Gasteiger partial charge in [-0.15, -0.1) is 0 Å². The van der Waals surface area contributed by atoms with Gasteiger partial charge in [0.2, 0.25) is 16.1 Å². The molecule has 6 heteroatoms. The van der Waals surface area contributed by atoms with Crippen molar-refractivity contribution in [3.63, 3.8) is 0 Å². The first-order valence-electron chi connectivity index (χ1n) is 5.20. The van der Waals surface area contributed by atoms with Crippen LogP contribution in [0.25, 0.3) is 0 Å². The minimum Gasteiger partial charge on any atom is -0.212 e. The zero-order chi connectivity index (χ0) is 10.9. The highest BCUT2D eigenvalue weighted by Gasteiger charge is 2.37. The van der Waals surface area contributed by atoms with Gasteiger partial charge in [0.05, 0.1) is 5.75 Å². The third-order valence-electron chi connectivity index (χ3n) is 2.88. The lowest BCUT2D eigenvalue weighted by atomic mass is 10.3. The van der Waals surface area contributed by atoms with Crippen molar-refractivity contribution in [2.75, 3.05) is 12.3 Å². The Morgan fingerprint density at radius 2 is 2.07 bits per heavy atom. The van der Waals surface area contributed by atoms with Gasteiger partial charge in [-0.3, -0.25) is 0 Å². The van der Waals surface area contributed by atoms with Gasteiger partial charge >= 0.3 is 0 Å². The first kappa shape index (κ1) is 10.8. The molecule has 0 spiro atoms. The molecule has 1 saturated heterocycles. The molecule has 0 aromatic rings. The highest BCUT2D eigenvalue weighted by molar-refractivity contribution is 7.89. The van der Waals surface area contributed by atoms with Gasteiger partial charge in [0.15, 0.2) is 0 Å². The molecule has 1 heterocycles. The highest BCUT2D eigenvalue weighted by atomic mass is 32.2. The molecule has 2 aliphatic rings. The highest BCUT2D eigenvalue weighted by Crippen LogP contribution is 2.33. The van der Waals surface area contributed by atoms with Crippen molar-refractivity contribution in [3.8, 4) is 0 Å². The molecule has 5 nitrogen and oxygen atoms in total. The van der Waals surface area contributed by atoms with Crippen molar-refractivity contribution in [1.82, 2.24) is 4.31 Å². The summed E-state index contributed by atoms with van der Waals surface area (Å²) >= 11 is 0. The molecule has 15 heavy (non-hydrogen) atoms. The minimum atomic E-state index is -3.21. The monoisotopic (exact) mass is 230 g/mol. The lowest BCUT2D eigenvalue weighted by Crippen LogP contribution is -2.36. The van der Waals surface area contributed by atoms with Gasteiger partial charge in [-0.25, -0.2) is 13.2 Å². The van der Waals surface area contributed by atoms with E-state index in [0.717, 1.165) is 19.3 Å². The lowest BCUT2D eigenvalue weighted by molar-refractivity contribution is 0.394. The number of aliphatic imine (C=N–C) groups is 1. The topological polar surface area (TPSA) is 66.8 Å². The Labute approximate surface area is 89.2 Å². The first-order valence-corrected chi connectivity index (χ1v) is 6.81. The van der Waals surface area contributed by atoms with Crippen LogP contribution < -0.4 is 0 Å². The smallest absolute Gasteiger partial charge is 0.212 e. The molecule has 0 aromatic heterocycles. The molecule has 0 aromatic carbocycles. The van der Waals surface area contributed by atoms with Crippen molar-refractivity contribution < 1.29 is 13.2 Å². The van der Waals surface area contributed by atoms with Gasteiger partial charge in [-0.1, -0.05) is 0 Å². The quantitative estimate of drug-likeness (QED) is 0.521.